The highest BCUT2D eigenvalue weighted by Crippen LogP contribution is 2.34. The minimum Gasteiger partial charge on any atom is -0.496 e. The van der Waals surface area contributed by atoms with Crippen molar-refractivity contribution in [2.45, 2.75) is 19.9 Å². The van der Waals surface area contributed by atoms with Crippen molar-refractivity contribution in [1.29, 1.82) is 0 Å². The summed E-state index contributed by atoms with van der Waals surface area (Å²) in [4.78, 5) is 12.2. The molecule has 106 valence electrons. The smallest absolute Gasteiger partial charge is 0.180 e. The number of hydrogen-bond donors (Lipinski definition) is 1. The van der Waals surface area contributed by atoms with Gasteiger partial charge in [-0.05, 0) is 6.07 Å². The SMILES string of the molecule is COc1cc(OC)c(C(=O)CNC(C)C)cc1OC. The Hall–Kier alpha value is -1.75. The van der Waals surface area contributed by atoms with Gasteiger partial charge in [0.15, 0.2) is 17.3 Å². The van der Waals surface area contributed by atoms with E-state index in [1.54, 1.807) is 19.2 Å². The third-order valence-electron chi connectivity index (χ3n) is 2.68. The Bertz CT molecular complexity index is 443. The van der Waals surface area contributed by atoms with Crippen molar-refractivity contribution in [3.63, 3.8) is 0 Å². The number of carbonyl (C=O) groups excluding carboxylic acids is 1. The van der Waals surface area contributed by atoms with Gasteiger partial charge in [-0.1, -0.05) is 13.8 Å². The second-order valence-electron chi connectivity index (χ2n) is 4.37. The maximum absolute atomic E-state index is 12.2. The Kier molecular flexibility index (Phi) is 5.63. The van der Waals surface area contributed by atoms with Gasteiger partial charge in [0.1, 0.15) is 5.75 Å². The number of benzene rings is 1. The highest BCUT2D eigenvalue weighted by molar-refractivity contribution is 6.00. The summed E-state index contributed by atoms with van der Waals surface area (Å²) >= 11 is 0. The summed E-state index contributed by atoms with van der Waals surface area (Å²) < 4.78 is 15.6. The van der Waals surface area contributed by atoms with Gasteiger partial charge in [0, 0.05) is 12.1 Å². The summed E-state index contributed by atoms with van der Waals surface area (Å²) in [6.45, 7) is 4.22. The van der Waals surface area contributed by atoms with Crippen LogP contribution in [-0.4, -0.2) is 39.7 Å². The molecule has 0 aliphatic heterocycles. The van der Waals surface area contributed by atoms with Crippen LogP contribution in [0.25, 0.3) is 0 Å². The van der Waals surface area contributed by atoms with Crippen LogP contribution in [0.3, 0.4) is 0 Å². The molecule has 1 N–H and O–H groups in total. The first-order valence-corrected chi connectivity index (χ1v) is 6.10. The number of methoxy groups -OCH3 is 3. The summed E-state index contributed by atoms with van der Waals surface area (Å²) in [6, 6.07) is 3.54. The highest BCUT2D eigenvalue weighted by Gasteiger charge is 2.17. The number of ether oxygens (including phenoxy) is 3. The second-order valence-corrected chi connectivity index (χ2v) is 4.37. The Morgan fingerprint density at radius 3 is 2.05 bits per heavy atom. The molecule has 1 rings (SSSR count). The molecule has 5 nitrogen and oxygen atoms in total. The Labute approximate surface area is 113 Å². The van der Waals surface area contributed by atoms with Gasteiger partial charge in [-0.3, -0.25) is 4.79 Å². The summed E-state index contributed by atoms with van der Waals surface area (Å²) in [5, 5.41) is 3.08. The van der Waals surface area contributed by atoms with Crippen molar-refractivity contribution < 1.29 is 19.0 Å². The molecule has 0 heterocycles. The van der Waals surface area contributed by atoms with Crippen LogP contribution in [0.4, 0.5) is 0 Å². The molecule has 0 saturated carbocycles. The molecular weight excluding hydrogens is 246 g/mol. The molecule has 5 heteroatoms. The van der Waals surface area contributed by atoms with Gasteiger partial charge in [-0.2, -0.15) is 0 Å². The van der Waals surface area contributed by atoms with Crippen LogP contribution in [0.5, 0.6) is 17.2 Å². The van der Waals surface area contributed by atoms with Crippen molar-refractivity contribution in [3.05, 3.63) is 17.7 Å². The standard InChI is InChI=1S/C14H21NO4/c1-9(2)15-8-11(16)10-6-13(18-4)14(19-5)7-12(10)17-3/h6-7,9,15H,8H2,1-5H3. The van der Waals surface area contributed by atoms with Gasteiger partial charge in [0.2, 0.25) is 0 Å². The molecule has 0 aromatic heterocycles. The van der Waals surface area contributed by atoms with E-state index < -0.39 is 0 Å². The average molecular weight is 267 g/mol. The first-order valence-electron chi connectivity index (χ1n) is 6.10. The van der Waals surface area contributed by atoms with E-state index in [1.807, 2.05) is 13.8 Å². The molecule has 1 aromatic rings. The molecular formula is C14H21NO4. The normalized spacial score (nSPS) is 10.4. The molecule has 0 amide bonds. The molecule has 0 spiro atoms. The van der Waals surface area contributed by atoms with E-state index >= 15 is 0 Å². The fraction of sp³-hybridized carbons (Fsp3) is 0.500. The molecule has 0 atom stereocenters. The zero-order valence-electron chi connectivity index (χ0n) is 12.1. The predicted octanol–water partition coefficient (Wildman–Crippen LogP) is 1.89. The zero-order valence-corrected chi connectivity index (χ0v) is 12.1. The second kappa shape index (κ2) is 6.99. The number of ketones is 1. The average Bonchev–Trinajstić information content (AvgIpc) is 2.42. The van der Waals surface area contributed by atoms with E-state index in [9.17, 15) is 4.79 Å². The predicted molar refractivity (Wildman–Crippen MR) is 73.6 cm³/mol. The Morgan fingerprint density at radius 1 is 1.05 bits per heavy atom. The van der Waals surface area contributed by atoms with Crippen LogP contribution in [0.2, 0.25) is 0 Å². The van der Waals surface area contributed by atoms with Crippen molar-refractivity contribution >= 4 is 5.78 Å². The van der Waals surface area contributed by atoms with Crippen molar-refractivity contribution in [2.24, 2.45) is 0 Å². The van der Waals surface area contributed by atoms with Crippen molar-refractivity contribution in [2.75, 3.05) is 27.9 Å². The lowest BCUT2D eigenvalue weighted by atomic mass is 10.1. The number of Topliss-reactive ketones (excluding diaryl/α,β-unsaturated/α-hetero) is 1. The lowest BCUT2D eigenvalue weighted by Gasteiger charge is -2.14. The third-order valence-corrected chi connectivity index (χ3v) is 2.68. The number of hydrogen-bond acceptors (Lipinski definition) is 5. The molecule has 0 radical (unpaired) electrons. The third kappa shape index (κ3) is 3.86. The molecule has 0 saturated heterocycles. The minimum atomic E-state index is -0.0495. The Balaban J connectivity index is 3.07. The molecule has 0 fully saturated rings. The number of carbonyl (C=O) groups is 1. The number of nitrogens with one attached hydrogen (secondary N) is 1. The Morgan fingerprint density at radius 2 is 1.58 bits per heavy atom. The van der Waals surface area contributed by atoms with E-state index in [0.29, 0.717) is 22.8 Å². The molecule has 19 heavy (non-hydrogen) atoms. The summed E-state index contributed by atoms with van der Waals surface area (Å²) in [7, 11) is 4.60. The van der Waals surface area contributed by atoms with Crippen LogP contribution in [0.15, 0.2) is 12.1 Å². The maximum atomic E-state index is 12.2. The van der Waals surface area contributed by atoms with E-state index in [2.05, 4.69) is 5.32 Å². The van der Waals surface area contributed by atoms with E-state index in [4.69, 9.17) is 14.2 Å². The first kappa shape index (κ1) is 15.3. The van der Waals surface area contributed by atoms with Crippen LogP contribution in [0, 0.1) is 0 Å². The van der Waals surface area contributed by atoms with Crippen molar-refractivity contribution in [1.82, 2.24) is 5.32 Å². The highest BCUT2D eigenvalue weighted by atomic mass is 16.5. The van der Waals surface area contributed by atoms with Crippen molar-refractivity contribution in [3.8, 4) is 17.2 Å². The minimum absolute atomic E-state index is 0.0495. The van der Waals surface area contributed by atoms with E-state index in [0.717, 1.165) is 0 Å². The number of rotatable bonds is 7. The van der Waals surface area contributed by atoms with Gasteiger partial charge in [0.05, 0.1) is 33.4 Å². The molecule has 0 bridgehead atoms. The van der Waals surface area contributed by atoms with Crippen LogP contribution in [0.1, 0.15) is 24.2 Å². The topological polar surface area (TPSA) is 56.8 Å². The molecule has 1 aromatic carbocycles. The molecule has 0 unspecified atom stereocenters. The lowest BCUT2D eigenvalue weighted by molar-refractivity contribution is 0.0985. The lowest BCUT2D eigenvalue weighted by Crippen LogP contribution is -2.29. The van der Waals surface area contributed by atoms with E-state index in [-0.39, 0.29) is 18.4 Å². The van der Waals surface area contributed by atoms with Gasteiger partial charge >= 0.3 is 0 Å². The van der Waals surface area contributed by atoms with Gasteiger partial charge in [-0.15, -0.1) is 0 Å². The fourth-order valence-electron chi connectivity index (χ4n) is 1.64. The van der Waals surface area contributed by atoms with E-state index in [1.165, 1.54) is 14.2 Å². The quantitative estimate of drug-likeness (QED) is 0.765. The zero-order chi connectivity index (χ0) is 14.4. The summed E-state index contributed by atoms with van der Waals surface area (Å²) in [6.07, 6.45) is 0. The van der Waals surface area contributed by atoms with Gasteiger partial charge < -0.3 is 19.5 Å². The van der Waals surface area contributed by atoms with Gasteiger partial charge in [-0.25, -0.2) is 0 Å². The monoisotopic (exact) mass is 267 g/mol. The van der Waals surface area contributed by atoms with Crippen LogP contribution < -0.4 is 19.5 Å². The first-order chi connectivity index (χ1) is 9.03. The van der Waals surface area contributed by atoms with Crippen LogP contribution >= 0.6 is 0 Å². The van der Waals surface area contributed by atoms with Gasteiger partial charge in [0.25, 0.3) is 0 Å². The summed E-state index contributed by atoms with van der Waals surface area (Å²) in [5.41, 5.74) is 0.480. The largest absolute Gasteiger partial charge is 0.496 e. The maximum Gasteiger partial charge on any atom is 0.180 e. The van der Waals surface area contributed by atoms with Crippen LogP contribution in [-0.2, 0) is 0 Å². The fourth-order valence-corrected chi connectivity index (χ4v) is 1.64. The molecule has 0 aliphatic carbocycles. The molecule has 0 aliphatic rings. The summed E-state index contributed by atoms with van der Waals surface area (Å²) in [5.74, 6) is 1.48.